The highest BCUT2D eigenvalue weighted by atomic mass is 16.3. The predicted molar refractivity (Wildman–Crippen MR) is 109 cm³/mol. The lowest BCUT2D eigenvalue weighted by Crippen LogP contribution is -2.44. The quantitative estimate of drug-likeness (QED) is 0.570. The van der Waals surface area contributed by atoms with Crippen LogP contribution in [0, 0.1) is 10.8 Å². The van der Waals surface area contributed by atoms with Crippen molar-refractivity contribution in [2.75, 3.05) is 13.1 Å². The molecular formula is C23H37NO2. The summed E-state index contributed by atoms with van der Waals surface area (Å²) in [6.07, 6.45) is 3.12. The molecule has 0 bridgehead atoms. The van der Waals surface area contributed by atoms with E-state index in [1.807, 2.05) is 12.1 Å². The molecule has 146 valence electrons. The van der Waals surface area contributed by atoms with Crippen molar-refractivity contribution in [2.24, 2.45) is 10.8 Å². The number of aliphatic hydroxyl groups excluding tert-OH is 1. The average Bonchev–Trinajstić information content (AvgIpc) is 2.48. The lowest BCUT2D eigenvalue weighted by atomic mass is 9.63. The number of hydrogen-bond donors (Lipinski definition) is 2. The predicted octanol–water partition coefficient (Wildman–Crippen LogP) is 4.72. The van der Waals surface area contributed by atoms with E-state index in [0.29, 0.717) is 13.0 Å². The van der Waals surface area contributed by atoms with Gasteiger partial charge in [0.1, 0.15) is 0 Å². The van der Waals surface area contributed by atoms with Crippen LogP contribution >= 0.6 is 0 Å². The Labute approximate surface area is 159 Å². The zero-order valence-electron chi connectivity index (χ0n) is 17.5. The van der Waals surface area contributed by atoms with E-state index in [9.17, 15) is 9.90 Å². The first-order valence-corrected chi connectivity index (χ1v) is 9.93. The summed E-state index contributed by atoms with van der Waals surface area (Å²) in [6, 6.07) is 8.02. The molecule has 1 fully saturated rings. The molecular weight excluding hydrogens is 322 g/mol. The summed E-state index contributed by atoms with van der Waals surface area (Å²) in [5.41, 5.74) is 2.42. The third-order valence-electron chi connectivity index (χ3n) is 5.58. The normalized spacial score (nSPS) is 25.9. The second-order valence-electron chi connectivity index (χ2n) is 10.4. The minimum absolute atomic E-state index is 0.0958. The smallest absolute Gasteiger partial charge is 0.164 e. The van der Waals surface area contributed by atoms with Crippen LogP contribution in [0.25, 0.3) is 0 Å². The second-order valence-corrected chi connectivity index (χ2v) is 10.4. The molecule has 26 heavy (non-hydrogen) atoms. The van der Waals surface area contributed by atoms with Crippen LogP contribution in [0.15, 0.2) is 24.3 Å². The highest BCUT2D eigenvalue weighted by Gasteiger charge is 2.40. The third kappa shape index (κ3) is 5.92. The van der Waals surface area contributed by atoms with Crippen LogP contribution in [0.1, 0.15) is 83.1 Å². The molecule has 1 aromatic rings. The molecule has 0 radical (unpaired) electrons. The van der Waals surface area contributed by atoms with Crippen LogP contribution < -0.4 is 5.32 Å². The first-order chi connectivity index (χ1) is 11.9. The number of Topliss-reactive ketones (excluding diaryl/α,β-unsaturated/α-hetero) is 1. The first kappa shape index (κ1) is 21.1. The fourth-order valence-corrected chi connectivity index (χ4v) is 4.61. The van der Waals surface area contributed by atoms with Gasteiger partial charge >= 0.3 is 0 Å². The van der Waals surface area contributed by atoms with Gasteiger partial charge < -0.3 is 10.4 Å². The highest BCUT2D eigenvalue weighted by Crippen LogP contribution is 2.45. The molecule has 0 aromatic heterocycles. The molecule has 3 heteroatoms. The molecule has 1 aliphatic carbocycles. The molecule has 3 nitrogen and oxygen atoms in total. The van der Waals surface area contributed by atoms with Crippen LogP contribution in [0.4, 0.5) is 0 Å². The van der Waals surface area contributed by atoms with E-state index in [-0.39, 0.29) is 28.1 Å². The third-order valence-corrected chi connectivity index (χ3v) is 5.58. The van der Waals surface area contributed by atoms with E-state index in [4.69, 9.17) is 0 Å². The Bertz CT molecular complexity index is 612. The van der Waals surface area contributed by atoms with Crippen molar-refractivity contribution < 1.29 is 9.90 Å². The molecule has 2 unspecified atom stereocenters. The first-order valence-electron chi connectivity index (χ1n) is 9.93. The SMILES string of the molecule is CC1(C)CC(O)CC(C)(CNCCC(=O)c2ccc(C(C)(C)C)cc2)C1. The zero-order chi connectivity index (χ0) is 19.6. The van der Waals surface area contributed by atoms with Gasteiger partial charge in [0.25, 0.3) is 0 Å². The summed E-state index contributed by atoms with van der Waals surface area (Å²) in [7, 11) is 0. The largest absolute Gasteiger partial charge is 0.393 e. The lowest BCUT2D eigenvalue weighted by molar-refractivity contribution is -0.00863. The van der Waals surface area contributed by atoms with Crippen LogP contribution in [0.2, 0.25) is 0 Å². The van der Waals surface area contributed by atoms with E-state index < -0.39 is 0 Å². The Morgan fingerprint density at radius 2 is 1.77 bits per heavy atom. The molecule has 0 aliphatic heterocycles. The molecule has 2 atom stereocenters. The van der Waals surface area contributed by atoms with Crippen LogP contribution in [0.5, 0.6) is 0 Å². The fourth-order valence-electron chi connectivity index (χ4n) is 4.61. The summed E-state index contributed by atoms with van der Waals surface area (Å²) >= 11 is 0. The number of nitrogens with one attached hydrogen (secondary N) is 1. The van der Waals surface area contributed by atoms with Crippen LogP contribution in [-0.4, -0.2) is 30.1 Å². The molecule has 0 heterocycles. The number of carbonyl (C=O) groups excluding carboxylic acids is 1. The van der Waals surface area contributed by atoms with E-state index >= 15 is 0 Å². The van der Waals surface area contributed by atoms with Gasteiger partial charge in [0.15, 0.2) is 5.78 Å². The molecule has 2 rings (SSSR count). The van der Waals surface area contributed by atoms with Gasteiger partial charge in [-0.3, -0.25) is 4.79 Å². The van der Waals surface area contributed by atoms with E-state index in [0.717, 1.165) is 31.4 Å². The van der Waals surface area contributed by atoms with Crippen molar-refractivity contribution in [1.82, 2.24) is 5.32 Å². The number of rotatable bonds is 6. The summed E-state index contributed by atoms with van der Waals surface area (Å²) in [5.74, 6) is 0.187. The average molecular weight is 360 g/mol. The van der Waals surface area contributed by atoms with Gasteiger partial charge in [0.2, 0.25) is 0 Å². The molecule has 1 aromatic carbocycles. The Morgan fingerprint density at radius 3 is 2.31 bits per heavy atom. The number of aliphatic hydroxyl groups is 1. The molecule has 0 spiro atoms. The van der Waals surface area contributed by atoms with E-state index in [1.165, 1.54) is 5.56 Å². The molecule has 2 N–H and O–H groups in total. The molecule has 1 aliphatic rings. The van der Waals surface area contributed by atoms with Crippen molar-refractivity contribution in [3.8, 4) is 0 Å². The monoisotopic (exact) mass is 359 g/mol. The maximum absolute atomic E-state index is 12.4. The summed E-state index contributed by atoms with van der Waals surface area (Å²) in [4.78, 5) is 12.4. The lowest BCUT2D eigenvalue weighted by Gasteiger charge is -2.45. The van der Waals surface area contributed by atoms with Gasteiger partial charge in [-0.1, -0.05) is 65.8 Å². The maximum atomic E-state index is 12.4. The summed E-state index contributed by atoms with van der Waals surface area (Å²) in [5, 5.41) is 13.6. The second kappa shape index (κ2) is 7.82. The summed E-state index contributed by atoms with van der Waals surface area (Å²) < 4.78 is 0. The molecule has 0 saturated heterocycles. The number of benzene rings is 1. The Balaban J connectivity index is 1.81. The maximum Gasteiger partial charge on any atom is 0.164 e. The van der Waals surface area contributed by atoms with Crippen molar-refractivity contribution in [3.63, 3.8) is 0 Å². The van der Waals surface area contributed by atoms with Gasteiger partial charge in [-0.15, -0.1) is 0 Å². The minimum Gasteiger partial charge on any atom is -0.393 e. The number of carbonyl (C=O) groups is 1. The van der Waals surface area contributed by atoms with Crippen LogP contribution in [0.3, 0.4) is 0 Å². The zero-order valence-corrected chi connectivity index (χ0v) is 17.5. The minimum atomic E-state index is -0.214. The number of hydrogen-bond acceptors (Lipinski definition) is 3. The topological polar surface area (TPSA) is 49.3 Å². The van der Waals surface area contributed by atoms with Gasteiger partial charge in [0.05, 0.1) is 6.10 Å². The molecule has 1 saturated carbocycles. The highest BCUT2D eigenvalue weighted by molar-refractivity contribution is 5.96. The van der Waals surface area contributed by atoms with Crippen molar-refractivity contribution >= 4 is 5.78 Å². The van der Waals surface area contributed by atoms with Crippen molar-refractivity contribution in [3.05, 3.63) is 35.4 Å². The standard InChI is InChI=1S/C23H37NO2/c1-21(2,3)18-9-7-17(8-10-18)20(26)11-12-24-16-23(6)14-19(25)13-22(4,5)15-23/h7-10,19,24-25H,11-16H2,1-6H3. The van der Waals surface area contributed by atoms with E-state index in [1.54, 1.807) is 0 Å². The fraction of sp³-hybridized carbons (Fsp3) is 0.696. The van der Waals surface area contributed by atoms with Crippen molar-refractivity contribution in [1.29, 1.82) is 0 Å². The van der Waals surface area contributed by atoms with Gasteiger partial charge in [-0.05, 0) is 41.1 Å². The number of ketones is 1. The van der Waals surface area contributed by atoms with Gasteiger partial charge in [0, 0.05) is 25.1 Å². The van der Waals surface area contributed by atoms with Crippen LogP contribution in [-0.2, 0) is 5.41 Å². The van der Waals surface area contributed by atoms with Gasteiger partial charge in [-0.25, -0.2) is 0 Å². The van der Waals surface area contributed by atoms with Gasteiger partial charge in [-0.2, -0.15) is 0 Å². The van der Waals surface area contributed by atoms with E-state index in [2.05, 4.69) is 59.0 Å². The molecule has 0 amide bonds. The van der Waals surface area contributed by atoms with Crippen molar-refractivity contribution in [2.45, 2.75) is 78.7 Å². The summed E-state index contributed by atoms with van der Waals surface area (Å²) in [6.45, 7) is 14.8. The Hall–Kier alpha value is -1.19. The Morgan fingerprint density at radius 1 is 1.15 bits per heavy atom. The Kier molecular flexibility index (Phi) is 6.35.